The van der Waals surface area contributed by atoms with Crippen LogP contribution in [0.5, 0.6) is 5.75 Å². The standard InChI is InChI=1S/C16H20N2O3/c1-11-16(20)18(13-8-4-5-9-14(13)21-11)10-15(19)17-12-6-2-3-7-12/h4-5,8-9,11-12H,2-3,6-7,10H2,1H3,(H,17,19)/t11-/m1/s1. The molecule has 2 aliphatic rings. The second kappa shape index (κ2) is 5.76. The van der Waals surface area contributed by atoms with Crippen molar-refractivity contribution in [1.29, 1.82) is 0 Å². The van der Waals surface area contributed by atoms with Gasteiger partial charge in [0.15, 0.2) is 6.10 Å². The molecule has 0 spiro atoms. The maximum Gasteiger partial charge on any atom is 0.268 e. The molecule has 0 bridgehead atoms. The van der Waals surface area contributed by atoms with Crippen molar-refractivity contribution in [1.82, 2.24) is 5.32 Å². The SMILES string of the molecule is C[C@H]1Oc2ccccc2N(CC(=O)NC2CCCC2)C1=O. The first-order valence-electron chi connectivity index (χ1n) is 7.51. The predicted octanol–water partition coefficient (Wildman–Crippen LogP) is 1.86. The Bertz CT molecular complexity index is 552. The van der Waals surface area contributed by atoms with E-state index in [1.54, 1.807) is 6.92 Å². The second-order valence-corrected chi connectivity index (χ2v) is 5.70. The molecule has 1 N–H and O–H groups in total. The van der Waals surface area contributed by atoms with Crippen LogP contribution in [0.2, 0.25) is 0 Å². The topological polar surface area (TPSA) is 58.6 Å². The van der Waals surface area contributed by atoms with Crippen LogP contribution in [0.25, 0.3) is 0 Å². The average Bonchev–Trinajstić information content (AvgIpc) is 2.96. The Kier molecular flexibility index (Phi) is 3.82. The Balaban J connectivity index is 1.73. The Morgan fingerprint density at radius 2 is 2.05 bits per heavy atom. The van der Waals surface area contributed by atoms with Gasteiger partial charge in [-0.2, -0.15) is 0 Å². The van der Waals surface area contributed by atoms with Crippen LogP contribution in [-0.2, 0) is 9.59 Å². The highest BCUT2D eigenvalue weighted by Crippen LogP contribution is 2.33. The number of ether oxygens (including phenoxy) is 1. The summed E-state index contributed by atoms with van der Waals surface area (Å²) in [6.07, 6.45) is 3.85. The zero-order valence-electron chi connectivity index (χ0n) is 12.2. The van der Waals surface area contributed by atoms with Crippen LogP contribution in [0, 0.1) is 0 Å². The smallest absolute Gasteiger partial charge is 0.268 e. The molecule has 21 heavy (non-hydrogen) atoms. The number of amides is 2. The minimum absolute atomic E-state index is 0.0556. The van der Waals surface area contributed by atoms with Gasteiger partial charge in [-0.3, -0.25) is 14.5 Å². The van der Waals surface area contributed by atoms with E-state index < -0.39 is 6.10 Å². The molecule has 1 saturated carbocycles. The van der Waals surface area contributed by atoms with E-state index in [9.17, 15) is 9.59 Å². The molecule has 0 aromatic heterocycles. The molecule has 1 atom stereocenters. The number of hydrogen-bond donors (Lipinski definition) is 1. The first kappa shape index (κ1) is 13.9. The number of hydrogen-bond acceptors (Lipinski definition) is 3. The number of anilines is 1. The minimum atomic E-state index is -0.556. The first-order chi connectivity index (χ1) is 10.1. The van der Waals surface area contributed by atoms with E-state index >= 15 is 0 Å². The van der Waals surface area contributed by atoms with Crippen LogP contribution >= 0.6 is 0 Å². The van der Waals surface area contributed by atoms with Gasteiger partial charge in [0.2, 0.25) is 5.91 Å². The number of para-hydroxylation sites is 2. The van der Waals surface area contributed by atoms with Crippen LogP contribution in [0.4, 0.5) is 5.69 Å². The number of nitrogens with one attached hydrogen (secondary N) is 1. The lowest BCUT2D eigenvalue weighted by molar-refractivity contribution is -0.128. The summed E-state index contributed by atoms with van der Waals surface area (Å²) < 4.78 is 5.57. The third-order valence-electron chi connectivity index (χ3n) is 4.10. The lowest BCUT2D eigenvalue weighted by Crippen LogP contribution is -2.49. The Hall–Kier alpha value is -2.04. The van der Waals surface area contributed by atoms with Gasteiger partial charge in [-0.15, -0.1) is 0 Å². The van der Waals surface area contributed by atoms with E-state index in [1.807, 2.05) is 24.3 Å². The molecule has 1 aromatic carbocycles. The molecule has 1 aromatic rings. The number of nitrogens with zero attached hydrogens (tertiary/aromatic N) is 1. The molecule has 3 rings (SSSR count). The summed E-state index contributed by atoms with van der Waals surface area (Å²) in [5.74, 6) is 0.382. The fourth-order valence-corrected chi connectivity index (χ4v) is 3.01. The van der Waals surface area contributed by atoms with E-state index in [0.29, 0.717) is 11.4 Å². The van der Waals surface area contributed by atoms with Crippen LogP contribution < -0.4 is 15.0 Å². The van der Waals surface area contributed by atoms with Gasteiger partial charge < -0.3 is 10.1 Å². The summed E-state index contributed by atoms with van der Waals surface area (Å²) >= 11 is 0. The van der Waals surface area contributed by atoms with Gasteiger partial charge in [-0.25, -0.2) is 0 Å². The largest absolute Gasteiger partial charge is 0.479 e. The molecule has 112 valence electrons. The van der Waals surface area contributed by atoms with Crippen molar-refractivity contribution < 1.29 is 14.3 Å². The summed E-state index contributed by atoms with van der Waals surface area (Å²) in [7, 11) is 0. The summed E-state index contributed by atoms with van der Waals surface area (Å²) in [5, 5.41) is 3.02. The van der Waals surface area contributed by atoms with Gasteiger partial charge in [0.1, 0.15) is 12.3 Å². The molecule has 2 amide bonds. The van der Waals surface area contributed by atoms with Crippen LogP contribution in [0.1, 0.15) is 32.6 Å². The van der Waals surface area contributed by atoms with E-state index in [1.165, 1.54) is 17.7 Å². The highest BCUT2D eigenvalue weighted by molar-refractivity contribution is 6.03. The second-order valence-electron chi connectivity index (χ2n) is 5.70. The summed E-state index contributed by atoms with van der Waals surface area (Å²) in [6.45, 7) is 1.76. The van der Waals surface area contributed by atoms with Gasteiger partial charge in [-0.05, 0) is 31.9 Å². The molecule has 1 aliphatic carbocycles. The normalized spacial score (nSPS) is 21.9. The zero-order valence-corrected chi connectivity index (χ0v) is 12.2. The molecular weight excluding hydrogens is 268 g/mol. The van der Waals surface area contributed by atoms with E-state index in [0.717, 1.165) is 12.8 Å². The van der Waals surface area contributed by atoms with Crippen molar-refractivity contribution in [3.63, 3.8) is 0 Å². The minimum Gasteiger partial charge on any atom is -0.479 e. The number of benzene rings is 1. The Morgan fingerprint density at radius 1 is 1.33 bits per heavy atom. The monoisotopic (exact) mass is 288 g/mol. The highest BCUT2D eigenvalue weighted by atomic mass is 16.5. The molecule has 1 aliphatic heterocycles. The van der Waals surface area contributed by atoms with Crippen molar-refractivity contribution in [3.8, 4) is 5.75 Å². The highest BCUT2D eigenvalue weighted by Gasteiger charge is 2.32. The summed E-state index contributed by atoms with van der Waals surface area (Å²) in [5.41, 5.74) is 0.669. The molecule has 0 saturated heterocycles. The maximum absolute atomic E-state index is 12.3. The van der Waals surface area contributed by atoms with E-state index in [-0.39, 0.29) is 24.4 Å². The lowest BCUT2D eigenvalue weighted by Gasteiger charge is -2.32. The van der Waals surface area contributed by atoms with Crippen LogP contribution in [-0.4, -0.2) is 30.5 Å². The number of carbonyl (C=O) groups is 2. The lowest BCUT2D eigenvalue weighted by atomic mass is 10.2. The molecule has 5 heteroatoms. The molecule has 0 radical (unpaired) electrons. The van der Waals surface area contributed by atoms with Gasteiger partial charge >= 0.3 is 0 Å². The number of carbonyl (C=O) groups excluding carboxylic acids is 2. The summed E-state index contributed by atoms with van der Waals surface area (Å²) in [6, 6.07) is 7.59. The van der Waals surface area contributed by atoms with Gasteiger partial charge in [0.25, 0.3) is 5.91 Å². The average molecular weight is 288 g/mol. The predicted molar refractivity (Wildman–Crippen MR) is 79.3 cm³/mol. The zero-order chi connectivity index (χ0) is 14.8. The van der Waals surface area contributed by atoms with Crippen molar-refractivity contribution in [3.05, 3.63) is 24.3 Å². The van der Waals surface area contributed by atoms with Crippen LogP contribution in [0.15, 0.2) is 24.3 Å². The maximum atomic E-state index is 12.3. The Labute approximate surface area is 124 Å². The van der Waals surface area contributed by atoms with Crippen LogP contribution in [0.3, 0.4) is 0 Å². The van der Waals surface area contributed by atoms with Crippen molar-refractivity contribution in [2.24, 2.45) is 0 Å². The molecule has 0 unspecified atom stereocenters. The molecule has 1 heterocycles. The van der Waals surface area contributed by atoms with Gasteiger partial charge in [0.05, 0.1) is 5.69 Å². The fourth-order valence-electron chi connectivity index (χ4n) is 3.01. The third kappa shape index (κ3) is 2.86. The van der Waals surface area contributed by atoms with Gasteiger partial charge in [0, 0.05) is 6.04 Å². The van der Waals surface area contributed by atoms with Crippen molar-refractivity contribution in [2.75, 3.05) is 11.4 Å². The molecule has 5 nitrogen and oxygen atoms in total. The Morgan fingerprint density at radius 3 is 2.81 bits per heavy atom. The third-order valence-corrected chi connectivity index (χ3v) is 4.10. The number of rotatable bonds is 3. The quantitative estimate of drug-likeness (QED) is 0.923. The number of fused-ring (bicyclic) bond motifs is 1. The van der Waals surface area contributed by atoms with Crippen molar-refractivity contribution >= 4 is 17.5 Å². The van der Waals surface area contributed by atoms with Crippen molar-refractivity contribution in [2.45, 2.75) is 44.8 Å². The van der Waals surface area contributed by atoms with E-state index in [4.69, 9.17) is 4.74 Å². The van der Waals surface area contributed by atoms with Gasteiger partial charge in [-0.1, -0.05) is 25.0 Å². The molecular formula is C16H20N2O3. The molecule has 1 fully saturated rings. The fraction of sp³-hybridized carbons (Fsp3) is 0.500. The summed E-state index contributed by atoms with van der Waals surface area (Å²) in [4.78, 5) is 26.0. The van der Waals surface area contributed by atoms with E-state index in [2.05, 4.69) is 5.32 Å². The first-order valence-corrected chi connectivity index (χ1v) is 7.51.